The standard InChI is InChI=1S/C10H17NO2/c1-8-3-6-11(8)7-10(9(12)13)4-2-5-10/h8H,2-7H2,1H3,(H,12,13). The smallest absolute Gasteiger partial charge is 0.310 e. The first-order chi connectivity index (χ1) is 6.14. The van der Waals surface area contributed by atoms with Crippen LogP contribution in [0.1, 0.15) is 32.6 Å². The summed E-state index contributed by atoms with van der Waals surface area (Å²) in [5.74, 6) is -0.585. The Morgan fingerprint density at radius 2 is 2.31 bits per heavy atom. The molecule has 2 rings (SSSR count). The van der Waals surface area contributed by atoms with Crippen LogP contribution in [0.3, 0.4) is 0 Å². The predicted octanol–water partition coefficient (Wildman–Crippen LogP) is 1.34. The van der Waals surface area contributed by atoms with Crippen molar-refractivity contribution in [3.8, 4) is 0 Å². The first kappa shape index (κ1) is 9.00. The Kier molecular flexibility index (Phi) is 2.06. The molecule has 1 unspecified atom stereocenters. The minimum absolute atomic E-state index is 0.380. The third-order valence-corrected chi connectivity index (χ3v) is 3.73. The lowest BCUT2D eigenvalue weighted by Gasteiger charge is -2.47. The molecule has 13 heavy (non-hydrogen) atoms. The molecule has 2 fully saturated rings. The molecule has 1 heterocycles. The molecule has 2 aliphatic rings. The number of nitrogens with zero attached hydrogens (tertiary/aromatic N) is 1. The average molecular weight is 183 g/mol. The van der Waals surface area contributed by atoms with Gasteiger partial charge in [-0.3, -0.25) is 9.69 Å². The van der Waals surface area contributed by atoms with Crippen molar-refractivity contribution >= 4 is 5.97 Å². The number of hydrogen-bond acceptors (Lipinski definition) is 2. The summed E-state index contributed by atoms with van der Waals surface area (Å²) in [6.45, 7) is 4.05. The van der Waals surface area contributed by atoms with E-state index in [4.69, 9.17) is 5.11 Å². The number of carbonyl (C=O) groups is 1. The number of carboxylic acids is 1. The number of aliphatic carboxylic acids is 1. The second kappa shape index (κ2) is 2.98. The summed E-state index contributed by atoms with van der Waals surface area (Å²) in [6.07, 6.45) is 4.08. The quantitative estimate of drug-likeness (QED) is 0.717. The van der Waals surface area contributed by atoms with Gasteiger partial charge in [0.2, 0.25) is 0 Å². The van der Waals surface area contributed by atoms with Crippen LogP contribution in [0.4, 0.5) is 0 Å². The number of hydrogen-bond donors (Lipinski definition) is 1. The van der Waals surface area contributed by atoms with Gasteiger partial charge < -0.3 is 5.11 Å². The lowest BCUT2D eigenvalue weighted by atomic mass is 9.68. The van der Waals surface area contributed by atoms with E-state index in [0.29, 0.717) is 6.04 Å². The third kappa shape index (κ3) is 1.35. The van der Waals surface area contributed by atoms with Gasteiger partial charge in [-0.05, 0) is 32.7 Å². The van der Waals surface area contributed by atoms with E-state index in [1.54, 1.807) is 0 Å². The molecular weight excluding hydrogens is 166 g/mol. The van der Waals surface area contributed by atoms with E-state index in [0.717, 1.165) is 32.4 Å². The second-order valence-corrected chi connectivity index (χ2v) is 4.55. The molecule has 1 atom stereocenters. The van der Waals surface area contributed by atoms with Gasteiger partial charge in [0.05, 0.1) is 5.41 Å². The van der Waals surface area contributed by atoms with Crippen LogP contribution in [0.15, 0.2) is 0 Å². The minimum atomic E-state index is -0.585. The molecule has 1 N–H and O–H groups in total. The second-order valence-electron chi connectivity index (χ2n) is 4.55. The molecular formula is C10H17NO2. The highest BCUT2D eigenvalue weighted by Gasteiger charge is 2.47. The highest BCUT2D eigenvalue weighted by atomic mass is 16.4. The molecule has 0 aromatic rings. The first-order valence-corrected chi connectivity index (χ1v) is 5.11. The fourth-order valence-electron chi connectivity index (χ4n) is 2.24. The Labute approximate surface area is 78.7 Å². The van der Waals surface area contributed by atoms with Gasteiger partial charge >= 0.3 is 5.97 Å². The SMILES string of the molecule is CC1CCN1CC1(C(=O)O)CCC1. The van der Waals surface area contributed by atoms with Crippen LogP contribution in [0.5, 0.6) is 0 Å². The van der Waals surface area contributed by atoms with Crippen LogP contribution in [-0.4, -0.2) is 35.1 Å². The van der Waals surface area contributed by atoms with E-state index < -0.39 is 5.97 Å². The number of likely N-dealkylation sites (tertiary alicyclic amines) is 1. The van der Waals surface area contributed by atoms with E-state index in [1.165, 1.54) is 6.42 Å². The molecule has 74 valence electrons. The predicted molar refractivity (Wildman–Crippen MR) is 49.6 cm³/mol. The normalized spacial score (nSPS) is 31.9. The molecule has 3 heteroatoms. The van der Waals surface area contributed by atoms with Crippen molar-refractivity contribution in [2.75, 3.05) is 13.1 Å². The molecule has 0 aromatic heterocycles. The fourth-order valence-corrected chi connectivity index (χ4v) is 2.24. The van der Waals surface area contributed by atoms with Crippen LogP contribution < -0.4 is 0 Å². The lowest BCUT2D eigenvalue weighted by molar-refractivity contribution is -0.158. The van der Waals surface area contributed by atoms with Gasteiger partial charge in [0, 0.05) is 12.6 Å². The first-order valence-electron chi connectivity index (χ1n) is 5.11. The third-order valence-electron chi connectivity index (χ3n) is 3.73. The van der Waals surface area contributed by atoms with Gasteiger partial charge in [-0.25, -0.2) is 0 Å². The maximum Gasteiger partial charge on any atom is 0.310 e. The maximum absolute atomic E-state index is 11.1. The Morgan fingerprint density at radius 1 is 1.62 bits per heavy atom. The summed E-state index contributed by atoms with van der Waals surface area (Å²) in [5.41, 5.74) is -0.380. The molecule has 1 aliphatic heterocycles. The zero-order chi connectivity index (χ0) is 9.47. The Balaban J connectivity index is 1.94. The zero-order valence-corrected chi connectivity index (χ0v) is 8.12. The molecule has 0 amide bonds. The van der Waals surface area contributed by atoms with Crippen LogP contribution in [0.25, 0.3) is 0 Å². The van der Waals surface area contributed by atoms with Gasteiger partial charge in [-0.15, -0.1) is 0 Å². The topological polar surface area (TPSA) is 40.5 Å². The van der Waals surface area contributed by atoms with E-state index in [2.05, 4.69) is 11.8 Å². The summed E-state index contributed by atoms with van der Waals surface area (Å²) in [6, 6.07) is 0.608. The summed E-state index contributed by atoms with van der Waals surface area (Å²) in [4.78, 5) is 13.4. The number of carboxylic acid groups (broad SMARTS) is 1. The van der Waals surface area contributed by atoms with Gasteiger partial charge in [0.25, 0.3) is 0 Å². The van der Waals surface area contributed by atoms with Gasteiger partial charge in [-0.1, -0.05) is 6.42 Å². The molecule has 3 nitrogen and oxygen atoms in total. The van der Waals surface area contributed by atoms with Crippen LogP contribution >= 0.6 is 0 Å². The van der Waals surface area contributed by atoms with Crippen LogP contribution in [0, 0.1) is 5.41 Å². The van der Waals surface area contributed by atoms with E-state index >= 15 is 0 Å². The van der Waals surface area contributed by atoms with Crippen molar-refractivity contribution in [2.45, 2.75) is 38.6 Å². The Hall–Kier alpha value is -0.570. The van der Waals surface area contributed by atoms with Crippen molar-refractivity contribution in [2.24, 2.45) is 5.41 Å². The van der Waals surface area contributed by atoms with Crippen molar-refractivity contribution in [1.82, 2.24) is 4.90 Å². The van der Waals surface area contributed by atoms with E-state index in [-0.39, 0.29) is 5.41 Å². The summed E-state index contributed by atoms with van der Waals surface area (Å²) in [5, 5.41) is 9.11. The van der Waals surface area contributed by atoms with Crippen molar-refractivity contribution in [3.05, 3.63) is 0 Å². The van der Waals surface area contributed by atoms with Crippen molar-refractivity contribution in [3.63, 3.8) is 0 Å². The molecule has 0 bridgehead atoms. The summed E-state index contributed by atoms with van der Waals surface area (Å²) < 4.78 is 0. The van der Waals surface area contributed by atoms with Gasteiger partial charge in [0.15, 0.2) is 0 Å². The largest absolute Gasteiger partial charge is 0.481 e. The highest BCUT2D eigenvalue weighted by Crippen LogP contribution is 2.43. The molecule has 1 aliphatic carbocycles. The average Bonchev–Trinajstić information content (AvgIpc) is 1.99. The van der Waals surface area contributed by atoms with Crippen molar-refractivity contribution in [1.29, 1.82) is 0 Å². The van der Waals surface area contributed by atoms with Crippen molar-refractivity contribution < 1.29 is 9.90 Å². The highest BCUT2D eigenvalue weighted by molar-refractivity contribution is 5.76. The molecule has 0 radical (unpaired) electrons. The fraction of sp³-hybridized carbons (Fsp3) is 0.900. The molecule has 1 saturated heterocycles. The molecule has 0 spiro atoms. The summed E-state index contributed by atoms with van der Waals surface area (Å²) >= 11 is 0. The Morgan fingerprint density at radius 3 is 2.54 bits per heavy atom. The number of rotatable bonds is 3. The minimum Gasteiger partial charge on any atom is -0.481 e. The Bertz CT molecular complexity index is 223. The monoisotopic (exact) mass is 183 g/mol. The summed E-state index contributed by atoms with van der Waals surface area (Å²) in [7, 11) is 0. The zero-order valence-electron chi connectivity index (χ0n) is 8.12. The molecule has 1 saturated carbocycles. The van der Waals surface area contributed by atoms with Gasteiger partial charge in [-0.2, -0.15) is 0 Å². The van der Waals surface area contributed by atoms with Crippen LogP contribution in [-0.2, 0) is 4.79 Å². The van der Waals surface area contributed by atoms with E-state index in [1.807, 2.05) is 0 Å². The molecule has 0 aromatic carbocycles. The maximum atomic E-state index is 11.1. The van der Waals surface area contributed by atoms with E-state index in [9.17, 15) is 4.79 Å². The van der Waals surface area contributed by atoms with Gasteiger partial charge in [0.1, 0.15) is 0 Å². The van der Waals surface area contributed by atoms with Crippen LogP contribution in [0.2, 0.25) is 0 Å². The lowest BCUT2D eigenvalue weighted by Crippen LogP contribution is -2.55.